The third kappa shape index (κ3) is 19.5. The van der Waals surface area contributed by atoms with Crippen LogP contribution in [0.25, 0.3) is 56.3 Å². The summed E-state index contributed by atoms with van der Waals surface area (Å²) in [5.41, 5.74) is 27.1. The van der Waals surface area contributed by atoms with Crippen LogP contribution < -0.4 is 22.8 Å². The number of hydrogen-bond acceptors (Lipinski definition) is 0. The molecule has 10 aromatic rings. The summed E-state index contributed by atoms with van der Waals surface area (Å²) in [6.45, 7) is 31.4. The van der Waals surface area contributed by atoms with Gasteiger partial charge in [0.05, 0.1) is 0 Å². The van der Waals surface area contributed by atoms with Crippen molar-refractivity contribution in [3.63, 3.8) is 0 Å². The van der Waals surface area contributed by atoms with Gasteiger partial charge in [0.2, 0.25) is 28.5 Å². The smallest absolute Gasteiger partial charge is 0.201 e. The van der Waals surface area contributed by atoms with E-state index in [1.807, 2.05) is 185 Å². The molecule has 0 unspecified atom stereocenters. The van der Waals surface area contributed by atoms with Gasteiger partial charge in [-0.05, 0) is 210 Å². The Kier molecular flexibility index (Phi) is 19.3. The van der Waals surface area contributed by atoms with Crippen LogP contribution in [0.3, 0.4) is 0 Å². The van der Waals surface area contributed by atoms with Crippen LogP contribution in [0.5, 0.6) is 0 Å². The number of hydrogen-bond donors (Lipinski definition) is 0. The molecule has 0 aliphatic carbocycles. The van der Waals surface area contributed by atoms with Crippen LogP contribution in [0, 0.1) is 75.9 Å². The van der Waals surface area contributed by atoms with Crippen LogP contribution in [-0.2, 0) is 41.6 Å². The maximum Gasteiger partial charge on any atom is 0.212 e. The van der Waals surface area contributed by atoms with Gasteiger partial charge in [0.25, 0.3) is 0 Å². The molecule has 0 atom stereocenters. The first-order valence-electron chi connectivity index (χ1n) is 39.9. The van der Waals surface area contributed by atoms with Gasteiger partial charge in [-0.3, -0.25) is 0 Å². The normalized spacial score (nSPS) is 14.4. The maximum absolute atomic E-state index is 8.29. The molecule has 5 aromatic carbocycles. The van der Waals surface area contributed by atoms with Gasteiger partial charge < -0.3 is 0 Å². The molecule has 5 nitrogen and oxygen atoms in total. The van der Waals surface area contributed by atoms with Crippen molar-refractivity contribution in [2.24, 2.45) is 35.2 Å². The van der Waals surface area contributed by atoms with Gasteiger partial charge in [-0.2, -0.15) is 0 Å². The average Bonchev–Trinajstić information content (AvgIpc) is 0.784. The molecule has 0 saturated heterocycles. The zero-order chi connectivity index (χ0) is 81.9. The van der Waals surface area contributed by atoms with Crippen molar-refractivity contribution in [2.45, 2.75) is 188 Å². The molecule has 93 heavy (non-hydrogen) atoms. The van der Waals surface area contributed by atoms with Gasteiger partial charge in [0.1, 0.15) is 35.2 Å². The molecule has 0 aliphatic heterocycles. The summed E-state index contributed by atoms with van der Waals surface area (Å²) in [5, 5.41) is 0. The predicted molar refractivity (Wildman–Crippen MR) is 397 cm³/mol. The molecule has 0 aliphatic rings. The van der Waals surface area contributed by atoms with Crippen LogP contribution in [0.1, 0.15) is 221 Å². The molecule has 0 saturated carbocycles. The largest absolute Gasteiger partial charge is 0.212 e. The molecule has 5 aromatic heterocycles. The third-order valence-corrected chi connectivity index (χ3v) is 17.2. The standard InChI is InChI=1S/C20H28N.C18H24N.2C17H22N.C16H20N/c1-13(2)17-8-9-18(15(5)10-17)20-11-16(6)19(14(3)4)12-21(20)7;1-12(2)17-10-18(19(6)11-15(17)5)16-8-7-13(3)9-14(16)4;1-12(2)15-7-8-16(14(4)10-15)17-9-6-13(3)11-18(17)5;1-12(2)15-7-9-17(18(5)11-15)16-8-6-13(3)10-14(16)4;1-5-14-7-9-16(17(4)11-14)15-8-6-12(2)10-13(15)3/h8-14H,1-7H3;7-12H,1-6H3;2*6-12H,1-5H3;6-11H,5H2,1-4H3/q5*+1/i13D,14D;;2*3D3,12D;2D3,5D2. The first kappa shape index (κ1) is 54.3. The van der Waals surface area contributed by atoms with Crippen molar-refractivity contribution in [2.75, 3.05) is 0 Å². The minimum atomic E-state index is -2.10. The summed E-state index contributed by atoms with van der Waals surface area (Å²) in [4.78, 5) is 0. The van der Waals surface area contributed by atoms with E-state index in [1.165, 1.54) is 51.6 Å². The Morgan fingerprint density at radius 2 is 0.677 bits per heavy atom. The summed E-state index contributed by atoms with van der Waals surface area (Å²) >= 11 is 0. The van der Waals surface area contributed by atoms with E-state index in [9.17, 15) is 0 Å². The van der Waals surface area contributed by atoms with Crippen LogP contribution in [0.2, 0.25) is 0 Å². The molecule has 0 radical (unpaired) electrons. The average molecular weight is 1260 g/mol. The molecular weight excluding hydrogens is 1130 g/mol. The molecule has 0 fully saturated rings. The van der Waals surface area contributed by atoms with Gasteiger partial charge in [-0.25, -0.2) is 22.8 Å². The van der Waals surface area contributed by atoms with Crippen LogP contribution in [-0.4, -0.2) is 0 Å². The second kappa shape index (κ2) is 33.1. The highest BCUT2D eigenvalue weighted by molar-refractivity contribution is 5.66. The summed E-state index contributed by atoms with van der Waals surface area (Å²) in [5.74, 6) is -1.90. The highest BCUT2D eigenvalue weighted by Gasteiger charge is 2.21. The number of benzene rings is 5. The van der Waals surface area contributed by atoms with E-state index >= 15 is 0 Å². The molecule has 0 spiro atoms. The van der Waals surface area contributed by atoms with Crippen LogP contribution in [0.4, 0.5) is 0 Å². The Bertz CT molecular complexity index is 4380. The van der Waals surface area contributed by atoms with Crippen molar-refractivity contribution in [3.8, 4) is 56.3 Å². The maximum atomic E-state index is 8.29. The van der Waals surface area contributed by atoms with E-state index in [1.54, 1.807) is 48.8 Å². The lowest BCUT2D eigenvalue weighted by atomic mass is 9.94. The zero-order valence-electron chi connectivity index (χ0n) is 75.5. The Labute approximate surface area is 585 Å². The monoisotopic (exact) mass is 1260 g/mol. The molecule has 0 N–H and O–H groups in total. The second-order valence-corrected chi connectivity index (χ2v) is 26.4. The number of aryl methyl sites for hydroxylation is 17. The van der Waals surface area contributed by atoms with Gasteiger partial charge in [0.15, 0.2) is 31.0 Å². The zero-order valence-corrected chi connectivity index (χ0v) is 60.5. The highest BCUT2D eigenvalue weighted by atomic mass is 14.9. The Hall–Kier alpha value is -8.15. The molecule has 488 valence electrons. The summed E-state index contributed by atoms with van der Waals surface area (Å²) in [6.07, 6.45) is 8.30. The van der Waals surface area contributed by atoms with Gasteiger partial charge in [0, 0.05) is 107 Å². The van der Waals surface area contributed by atoms with Crippen molar-refractivity contribution >= 4 is 0 Å². The minimum absolute atomic E-state index is 0.331. The lowest BCUT2D eigenvalue weighted by Gasteiger charge is -2.13. The van der Waals surface area contributed by atoms with E-state index in [-0.39, 0.29) is 0 Å². The highest BCUT2D eigenvalue weighted by Crippen LogP contribution is 2.31. The van der Waals surface area contributed by atoms with Gasteiger partial charge >= 0.3 is 0 Å². The fourth-order valence-electron chi connectivity index (χ4n) is 11.9. The van der Waals surface area contributed by atoms with E-state index in [4.69, 9.17) is 20.6 Å². The molecule has 5 heteroatoms. The minimum Gasteiger partial charge on any atom is -0.201 e. The van der Waals surface area contributed by atoms with Crippen LogP contribution >= 0.6 is 0 Å². The van der Waals surface area contributed by atoms with Crippen molar-refractivity contribution in [1.29, 1.82) is 0 Å². The van der Waals surface area contributed by atoms with E-state index < -0.39 is 50.5 Å². The molecule has 5 heterocycles. The van der Waals surface area contributed by atoms with Gasteiger partial charge in [-0.15, -0.1) is 0 Å². The summed E-state index contributed by atoms with van der Waals surface area (Å²) in [7, 11) is 9.83. The number of rotatable bonds is 11. The summed E-state index contributed by atoms with van der Waals surface area (Å²) < 4.78 is 126. The van der Waals surface area contributed by atoms with Crippen molar-refractivity contribution < 1.29 is 43.4 Å². The number of nitrogens with zero attached hydrogens (tertiary/aromatic N) is 5. The first-order valence-corrected chi connectivity index (χ1v) is 32.4. The predicted octanol–water partition coefficient (Wildman–Crippen LogP) is 20.5. The van der Waals surface area contributed by atoms with Gasteiger partial charge in [-0.1, -0.05) is 154 Å². The lowest BCUT2D eigenvalue weighted by molar-refractivity contribution is -0.661. The van der Waals surface area contributed by atoms with E-state index in [2.05, 4.69) is 120 Å². The number of pyridine rings is 5. The Morgan fingerprint density at radius 1 is 0.312 bits per heavy atom. The molecular formula is C88H116N5+5. The third-order valence-electron chi connectivity index (χ3n) is 17.2. The Balaban J connectivity index is 0.000000211. The fourth-order valence-corrected chi connectivity index (χ4v) is 11.9. The topological polar surface area (TPSA) is 19.4 Å². The second-order valence-electron chi connectivity index (χ2n) is 26.4. The fraction of sp³-hybridized carbons (Fsp3) is 0.375. The van der Waals surface area contributed by atoms with Crippen molar-refractivity contribution in [3.05, 3.63) is 265 Å². The number of aromatic nitrogens is 5. The lowest BCUT2D eigenvalue weighted by Crippen LogP contribution is -2.32. The van der Waals surface area contributed by atoms with Crippen LogP contribution in [0.15, 0.2) is 171 Å². The molecule has 0 bridgehead atoms. The van der Waals surface area contributed by atoms with E-state index in [0.717, 1.165) is 84.0 Å². The SMILES string of the molecule is Cc1ccc(-c2cc(C(C)C)c(C)c[n+]2C)c(C)c1.[2H]C(C)(C)c1ccc(-c2cc(C)c(C([2H])(C)C)c[n+]2C)c(C)c1.[2H]C([2H])([2H])c1ccc(-c2ccc(C([2H])(C)C)c[n+]2C)c(C)c1.[2H]C([2H])([2H])c1ccc(-c2ccc(C([2H])(C)C)cc2C)[n+](C)c1.[2H]C([2H])([2H])c1ccc(-c2ccc(C([2H])([2H])C)c[n+]2C)c(C)c1. The Morgan fingerprint density at radius 3 is 1.09 bits per heavy atom. The first-order chi connectivity index (χ1) is 49.3. The summed E-state index contributed by atoms with van der Waals surface area (Å²) in [6, 6.07) is 44.9. The van der Waals surface area contributed by atoms with E-state index in [0.29, 0.717) is 28.2 Å². The molecule has 10 rings (SSSR count). The quantitative estimate of drug-likeness (QED) is 0.115. The van der Waals surface area contributed by atoms with Crippen molar-refractivity contribution in [1.82, 2.24) is 0 Å². The molecule has 0 amide bonds.